The third-order valence-electron chi connectivity index (χ3n) is 3.34. The molecule has 0 spiro atoms. The van der Waals surface area contributed by atoms with Gasteiger partial charge in [-0.25, -0.2) is 22.0 Å². The summed E-state index contributed by atoms with van der Waals surface area (Å²) in [6.45, 7) is 0.625. The van der Waals surface area contributed by atoms with Gasteiger partial charge < -0.3 is 14.6 Å². The van der Waals surface area contributed by atoms with Crippen molar-refractivity contribution in [2.45, 2.75) is 19.6 Å². The van der Waals surface area contributed by atoms with E-state index in [4.69, 9.17) is 9.47 Å². The molecule has 2 aromatic carbocycles. The molecule has 0 aliphatic heterocycles. The highest BCUT2D eigenvalue weighted by molar-refractivity contribution is 5.43. The summed E-state index contributed by atoms with van der Waals surface area (Å²) >= 11 is 0. The summed E-state index contributed by atoms with van der Waals surface area (Å²) in [5.74, 6) is -10.1. The summed E-state index contributed by atoms with van der Waals surface area (Å²) in [5.41, 5.74) is -0.594. The van der Waals surface area contributed by atoms with E-state index >= 15 is 0 Å². The van der Waals surface area contributed by atoms with Gasteiger partial charge in [0.2, 0.25) is 5.82 Å². The minimum absolute atomic E-state index is 0.0193. The van der Waals surface area contributed by atoms with Crippen molar-refractivity contribution < 1.29 is 36.5 Å². The number of aliphatic hydroxyl groups is 1. The lowest BCUT2D eigenvalue weighted by molar-refractivity contribution is 0.198. The summed E-state index contributed by atoms with van der Waals surface area (Å²) in [4.78, 5) is 0. The molecule has 3 nitrogen and oxygen atoms in total. The average Bonchev–Trinajstić information content (AvgIpc) is 2.58. The predicted octanol–water partition coefficient (Wildman–Crippen LogP) is 4.02. The lowest BCUT2D eigenvalue weighted by Crippen LogP contribution is -2.10. The largest absolute Gasteiger partial charge is 0.493 e. The molecule has 0 fully saturated rings. The van der Waals surface area contributed by atoms with Crippen LogP contribution in [0.1, 0.15) is 24.2 Å². The van der Waals surface area contributed by atoms with Crippen LogP contribution in [-0.4, -0.2) is 12.2 Å². The normalized spacial score (nSPS) is 12.2. The molecule has 0 aliphatic carbocycles. The summed E-state index contributed by atoms with van der Waals surface area (Å²) in [6.07, 6.45) is -0.789. The Hall–Kier alpha value is -2.35. The second kappa shape index (κ2) is 7.04. The van der Waals surface area contributed by atoms with Crippen molar-refractivity contribution >= 4 is 0 Å². The molecule has 1 unspecified atom stereocenters. The molecule has 8 heteroatoms. The van der Waals surface area contributed by atoms with Crippen molar-refractivity contribution in [3.8, 4) is 11.5 Å². The second-order valence-electron chi connectivity index (χ2n) is 4.92. The molecule has 0 aliphatic rings. The van der Waals surface area contributed by atoms with Crippen LogP contribution >= 0.6 is 0 Å². The fourth-order valence-electron chi connectivity index (χ4n) is 1.99. The molecule has 24 heavy (non-hydrogen) atoms. The molecule has 0 radical (unpaired) electrons. The fourth-order valence-corrected chi connectivity index (χ4v) is 1.99. The molecule has 2 aromatic rings. The highest BCUT2D eigenvalue weighted by Crippen LogP contribution is 2.32. The van der Waals surface area contributed by atoms with Gasteiger partial charge in [-0.05, 0) is 24.6 Å². The minimum Gasteiger partial charge on any atom is -0.493 e. The number of methoxy groups -OCH3 is 1. The molecule has 1 atom stereocenters. The monoisotopic (exact) mass is 348 g/mol. The Bertz CT molecular complexity index is 733. The van der Waals surface area contributed by atoms with Crippen LogP contribution in [0.3, 0.4) is 0 Å². The highest BCUT2D eigenvalue weighted by atomic mass is 19.2. The Morgan fingerprint density at radius 1 is 0.917 bits per heavy atom. The molecule has 0 heterocycles. The van der Waals surface area contributed by atoms with E-state index in [1.807, 2.05) is 0 Å². The number of benzene rings is 2. The minimum atomic E-state index is -2.23. The zero-order valence-corrected chi connectivity index (χ0v) is 12.7. The van der Waals surface area contributed by atoms with Crippen molar-refractivity contribution in [2.75, 3.05) is 7.11 Å². The van der Waals surface area contributed by atoms with Crippen LogP contribution in [0.4, 0.5) is 22.0 Å². The predicted molar refractivity (Wildman–Crippen MR) is 74.2 cm³/mol. The number of rotatable bonds is 5. The van der Waals surface area contributed by atoms with Gasteiger partial charge in [-0.1, -0.05) is 6.07 Å². The van der Waals surface area contributed by atoms with Gasteiger partial charge >= 0.3 is 0 Å². The maximum absolute atomic E-state index is 13.6. The molecule has 0 bridgehead atoms. The maximum atomic E-state index is 13.6. The first kappa shape index (κ1) is 18.0. The molecular formula is C16H13F5O3. The number of hydrogen-bond donors (Lipinski definition) is 1. The van der Waals surface area contributed by atoms with Crippen molar-refractivity contribution in [1.82, 2.24) is 0 Å². The standard InChI is InChI=1S/C16H13F5O3/c1-7(22)8-3-4-10(11(5-8)23-2)24-6-9-12(17)14(19)16(21)15(20)13(9)18/h3-5,7,22H,6H2,1-2H3. The highest BCUT2D eigenvalue weighted by Gasteiger charge is 2.26. The first-order chi connectivity index (χ1) is 11.3. The Morgan fingerprint density at radius 2 is 1.46 bits per heavy atom. The van der Waals surface area contributed by atoms with Gasteiger partial charge in [-0.3, -0.25) is 0 Å². The lowest BCUT2D eigenvalue weighted by Gasteiger charge is -2.14. The lowest BCUT2D eigenvalue weighted by atomic mass is 10.1. The SMILES string of the molecule is COc1cc(C(C)O)ccc1OCc1c(F)c(F)c(F)c(F)c1F. The number of hydrogen-bond acceptors (Lipinski definition) is 3. The van der Waals surface area contributed by atoms with Gasteiger partial charge in [0.25, 0.3) is 0 Å². The van der Waals surface area contributed by atoms with E-state index in [0.29, 0.717) is 5.56 Å². The average molecular weight is 348 g/mol. The maximum Gasteiger partial charge on any atom is 0.200 e. The third-order valence-corrected chi connectivity index (χ3v) is 3.34. The Balaban J connectivity index is 2.32. The van der Waals surface area contributed by atoms with Gasteiger partial charge in [0.05, 0.1) is 18.8 Å². The Kier molecular flexibility index (Phi) is 5.28. The Morgan fingerprint density at radius 3 is 1.96 bits per heavy atom. The summed E-state index contributed by atoms with van der Waals surface area (Å²) < 4.78 is 76.6. The molecule has 0 saturated heterocycles. The van der Waals surface area contributed by atoms with Crippen molar-refractivity contribution in [3.63, 3.8) is 0 Å². The van der Waals surface area contributed by atoms with E-state index in [-0.39, 0.29) is 11.5 Å². The third kappa shape index (κ3) is 3.28. The Labute approximate surface area is 134 Å². The van der Waals surface area contributed by atoms with Crippen LogP contribution < -0.4 is 9.47 Å². The van der Waals surface area contributed by atoms with Crippen LogP contribution in [0.15, 0.2) is 18.2 Å². The quantitative estimate of drug-likeness (QED) is 0.504. The number of ether oxygens (including phenoxy) is 2. The van der Waals surface area contributed by atoms with Gasteiger partial charge in [0.15, 0.2) is 34.8 Å². The first-order valence-corrected chi connectivity index (χ1v) is 6.77. The molecule has 1 N–H and O–H groups in total. The molecule has 0 amide bonds. The molecular weight excluding hydrogens is 335 g/mol. The van der Waals surface area contributed by atoms with Crippen LogP contribution in [0.5, 0.6) is 11.5 Å². The molecule has 130 valence electrons. The number of halogens is 5. The zero-order chi connectivity index (χ0) is 18.0. The van der Waals surface area contributed by atoms with Crippen molar-refractivity contribution in [1.29, 1.82) is 0 Å². The van der Waals surface area contributed by atoms with Gasteiger partial charge in [0, 0.05) is 0 Å². The van der Waals surface area contributed by atoms with Gasteiger partial charge in [-0.15, -0.1) is 0 Å². The summed E-state index contributed by atoms with van der Waals surface area (Å²) in [7, 11) is 1.30. The van der Waals surface area contributed by atoms with Crippen LogP contribution in [0.2, 0.25) is 0 Å². The molecule has 2 rings (SSSR count). The second-order valence-corrected chi connectivity index (χ2v) is 4.92. The van der Waals surface area contributed by atoms with E-state index in [1.54, 1.807) is 0 Å². The summed E-state index contributed by atoms with van der Waals surface area (Å²) in [5, 5.41) is 9.49. The smallest absolute Gasteiger partial charge is 0.200 e. The molecule has 0 aromatic heterocycles. The van der Waals surface area contributed by atoms with E-state index in [1.165, 1.54) is 32.2 Å². The van der Waals surface area contributed by atoms with Crippen molar-refractivity contribution in [3.05, 3.63) is 58.4 Å². The van der Waals surface area contributed by atoms with Gasteiger partial charge in [-0.2, -0.15) is 0 Å². The number of aliphatic hydroxyl groups excluding tert-OH is 1. The van der Waals surface area contributed by atoms with E-state index in [9.17, 15) is 27.1 Å². The van der Waals surface area contributed by atoms with Crippen molar-refractivity contribution in [2.24, 2.45) is 0 Å². The van der Waals surface area contributed by atoms with E-state index < -0.39 is 47.4 Å². The zero-order valence-electron chi connectivity index (χ0n) is 12.7. The fraction of sp³-hybridized carbons (Fsp3) is 0.250. The van der Waals surface area contributed by atoms with Crippen LogP contribution in [0.25, 0.3) is 0 Å². The first-order valence-electron chi connectivity index (χ1n) is 6.77. The summed E-state index contributed by atoms with van der Waals surface area (Å²) in [6, 6.07) is 4.26. The van der Waals surface area contributed by atoms with Crippen LogP contribution in [0, 0.1) is 29.1 Å². The van der Waals surface area contributed by atoms with Crippen LogP contribution in [-0.2, 0) is 6.61 Å². The molecule has 0 saturated carbocycles. The topological polar surface area (TPSA) is 38.7 Å². The van der Waals surface area contributed by atoms with E-state index in [0.717, 1.165) is 0 Å². The van der Waals surface area contributed by atoms with E-state index in [2.05, 4.69) is 0 Å². The van der Waals surface area contributed by atoms with Gasteiger partial charge in [0.1, 0.15) is 6.61 Å².